The lowest BCUT2D eigenvalue weighted by atomic mass is 9.78. The van der Waals surface area contributed by atoms with Crippen molar-refractivity contribution < 1.29 is 23.4 Å². The first-order valence-electron chi connectivity index (χ1n) is 7.52. The molecule has 4 N–H and O–H groups in total. The van der Waals surface area contributed by atoms with Gasteiger partial charge in [0.05, 0.1) is 18.8 Å². The third-order valence-corrected chi connectivity index (χ3v) is 4.35. The Morgan fingerprint density at radius 2 is 1.71 bits per heavy atom. The average molecular weight is 312 g/mol. The van der Waals surface area contributed by atoms with E-state index < -0.39 is 37.0 Å². The van der Waals surface area contributed by atoms with Gasteiger partial charge in [0.25, 0.3) is 0 Å². The van der Waals surface area contributed by atoms with Crippen LogP contribution in [-0.4, -0.2) is 59.2 Å². The van der Waals surface area contributed by atoms with Crippen LogP contribution in [0, 0.1) is 5.92 Å². The highest BCUT2D eigenvalue weighted by Gasteiger charge is 2.40. The second-order valence-corrected chi connectivity index (χ2v) is 6.23. The van der Waals surface area contributed by atoms with Crippen LogP contribution in [0.3, 0.4) is 0 Å². The van der Waals surface area contributed by atoms with E-state index in [9.17, 15) is 23.4 Å². The highest BCUT2D eigenvalue weighted by molar-refractivity contribution is 4.94. The molecule has 1 aliphatic carbocycles. The molecule has 0 radical (unpaired) electrons. The van der Waals surface area contributed by atoms with Gasteiger partial charge in [0.1, 0.15) is 0 Å². The Kier molecular flexibility index (Phi) is 6.90. The molecule has 1 fully saturated rings. The fourth-order valence-corrected chi connectivity index (χ4v) is 3.36. The maximum absolute atomic E-state index is 12.7. The zero-order valence-electron chi connectivity index (χ0n) is 12.7. The maximum atomic E-state index is 12.7. The molecule has 0 amide bonds. The third-order valence-electron chi connectivity index (χ3n) is 4.35. The monoisotopic (exact) mass is 312 g/mol. The van der Waals surface area contributed by atoms with Crippen LogP contribution >= 0.6 is 0 Å². The molecular formula is C14H27F3N2O2. The van der Waals surface area contributed by atoms with Gasteiger partial charge in [0, 0.05) is 12.1 Å². The van der Waals surface area contributed by atoms with E-state index in [-0.39, 0.29) is 5.92 Å². The second-order valence-electron chi connectivity index (χ2n) is 6.23. The lowest BCUT2D eigenvalue weighted by Gasteiger charge is -2.42. The van der Waals surface area contributed by atoms with Crippen LogP contribution in [0.1, 0.15) is 39.0 Å². The Morgan fingerprint density at radius 1 is 1.19 bits per heavy atom. The summed E-state index contributed by atoms with van der Waals surface area (Å²) in [4.78, 5) is 1.19. The van der Waals surface area contributed by atoms with Crippen molar-refractivity contribution in [3.05, 3.63) is 0 Å². The minimum Gasteiger partial charge on any atom is -0.391 e. The number of rotatable bonds is 6. The van der Waals surface area contributed by atoms with Gasteiger partial charge in [0.2, 0.25) is 0 Å². The number of aliphatic hydroxyl groups is 2. The number of hydrogen-bond donors (Lipinski definition) is 3. The molecule has 0 aromatic carbocycles. The summed E-state index contributed by atoms with van der Waals surface area (Å²) in [5.74, 6) is 0.0227. The molecular weight excluding hydrogens is 285 g/mol. The zero-order chi connectivity index (χ0) is 16.2. The molecule has 1 rings (SSSR count). The minimum atomic E-state index is -4.31. The Hall–Kier alpha value is -0.370. The summed E-state index contributed by atoms with van der Waals surface area (Å²) >= 11 is 0. The van der Waals surface area contributed by atoms with Crippen LogP contribution in [0.4, 0.5) is 13.2 Å². The van der Waals surface area contributed by atoms with E-state index in [1.165, 1.54) is 18.9 Å². The molecule has 0 aliphatic heterocycles. The number of aliphatic hydroxyl groups excluding tert-OH is 2. The van der Waals surface area contributed by atoms with Crippen LogP contribution in [-0.2, 0) is 0 Å². The van der Waals surface area contributed by atoms with E-state index in [2.05, 4.69) is 0 Å². The van der Waals surface area contributed by atoms with Gasteiger partial charge in [-0.3, -0.25) is 4.90 Å². The summed E-state index contributed by atoms with van der Waals surface area (Å²) in [6.45, 7) is 0.334. The number of halogens is 3. The van der Waals surface area contributed by atoms with Gasteiger partial charge in [-0.15, -0.1) is 0 Å². The predicted octanol–water partition coefficient (Wildman–Crippen LogP) is 1.50. The normalized spacial score (nSPS) is 23.9. The van der Waals surface area contributed by atoms with E-state index in [1.54, 1.807) is 0 Å². The molecule has 0 aromatic heterocycles. The van der Waals surface area contributed by atoms with Gasteiger partial charge in [-0.05, 0) is 32.7 Å². The average Bonchev–Trinajstić information content (AvgIpc) is 2.36. The number of hydrogen-bond acceptors (Lipinski definition) is 4. The van der Waals surface area contributed by atoms with Gasteiger partial charge in [-0.25, -0.2) is 0 Å². The summed E-state index contributed by atoms with van der Waals surface area (Å²) < 4.78 is 38.0. The SMILES string of the molecule is CC(O)C(O)C(N)C(C1CCCCC1)N(C)CC(F)(F)F. The molecule has 4 nitrogen and oxygen atoms in total. The zero-order valence-corrected chi connectivity index (χ0v) is 12.7. The van der Waals surface area contributed by atoms with Gasteiger partial charge >= 0.3 is 6.18 Å². The molecule has 0 aromatic rings. The first-order valence-corrected chi connectivity index (χ1v) is 7.52. The molecule has 1 aliphatic rings. The van der Waals surface area contributed by atoms with Crippen LogP contribution < -0.4 is 5.73 Å². The fraction of sp³-hybridized carbons (Fsp3) is 1.00. The van der Waals surface area contributed by atoms with Crippen molar-refractivity contribution in [2.75, 3.05) is 13.6 Å². The number of nitrogens with zero attached hydrogens (tertiary/aromatic N) is 1. The molecule has 7 heteroatoms. The van der Waals surface area contributed by atoms with Crippen LogP contribution in [0.5, 0.6) is 0 Å². The van der Waals surface area contributed by atoms with Crippen molar-refractivity contribution in [2.24, 2.45) is 11.7 Å². The van der Waals surface area contributed by atoms with Crippen molar-refractivity contribution in [1.29, 1.82) is 0 Å². The van der Waals surface area contributed by atoms with Crippen LogP contribution in [0.25, 0.3) is 0 Å². The fourth-order valence-electron chi connectivity index (χ4n) is 3.36. The Labute approximate surface area is 124 Å². The van der Waals surface area contributed by atoms with Crippen molar-refractivity contribution in [2.45, 2.75) is 69.5 Å². The summed E-state index contributed by atoms with van der Waals surface area (Å²) in [5.41, 5.74) is 5.99. The Bertz CT molecular complexity index is 307. The van der Waals surface area contributed by atoms with E-state index in [4.69, 9.17) is 5.73 Å². The van der Waals surface area contributed by atoms with Crippen molar-refractivity contribution in [1.82, 2.24) is 4.90 Å². The molecule has 0 spiro atoms. The number of likely N-dealkylation sites (N-methyl/N-ethyl adjacent to an activating group) is 1. The minimum absolute atomic E-state index is 0.0227. The van der Waals surface area contributed by atoms with Gasteiger partial charge in [0.15, 0.2) is 0 Å². The maximum Gasteiger partial charge on any atom is 0.401 e. The first-order chi connectivity index (χ1) is 9.63. The molecule has 1 saturated carbocycles. The number of nitrogens with two attached hydrogens (primary N) is 1. The van der Waals surface area contributed by atoms with Gasteiger partial charge < -0.3 is 15.9 Å². The first kappa shape index (κ1) is 18.7. The van der Waals surface area contributed by atoms with Crippen molar-refractivity contribution >= 4 is 0 Å². The van der Waals surface area contributed by atoms with Crippen LogP contribution in [0.15, 0.2) is 0 Å². The highest BCUT2D eigenvalue weighted by Crippen LogP contribution is 2.32. The molecule has 0 bridgehead atoms. The molecule has 0 heterocycles. The van der Waals surface area contributed by atoms with E-state index in [1.807, 2.05) is 0 Å². The molecule has 4 atom stereocenters. The smallest absolute Gasteiger partial charge is 0.391 e. The quantitative estimate of drug-likeness (QED) is 0.695. The topological polar surface area (TPSA) is 69.7 Å². The van der Waals surface area contributed by atoms with E-state index in [0.29, 0.717) is 0 Å². The van der Waals surface area contributed by atoms with Crippen molar-refractivity contribution in [3.63, 3.8) is 0 Å². The predicted molar refractivity (Wildman–Crippen MR) is 74.7 cm³/mol. The molecule has 0 saturated heterocycles. The van der Waals surface area contributed by atoms with E-state index >= 15 is 0 Å². The largest absolute Gasteiger partial charge is 0.401 e. The van der Waals surface area contributed by atoms with Crippen LogP contribution in [0.2, 0.25) is 0 Å². The standard InChI is InChI=1S/C14H27F3N2O2/c1-9(20)13(21)11(18)12(10-6-4-3-5-7-10)19(2)8-14(15,16)17/h9-13,20-21H,3-8,18H2,1-2H3. The lowest BCUT2D eigenvalue weighted by Crippen LogP contribution is -2.59. The Balaban J connectivity index is 2.87. The van der Waals surface area contributed by atoms with Gasteiger partial charge in [-0.1, -0.05) is 19.3 Å². The Morgan fingerprint density at radius 3 is 2.14 bits per heavy atom. The second kappa shape index (κ2) is 7.76. The molecule has 21 heavy (non-hydrogen) atoms. The highest BCUT2D eigenvalue weighted by atomic mass is 19.4. The van der Waals surface area contributed by atoms with Gasteiger partial charge in [-0.2, -0.15) is 13.2 Å². The number of alkyl halides is 3. The summed E-state index contributed by atoms with van der Waals surface area (Å²) in [6, 6.07) is -1.49. The van der Waals surface area contributed by atoms with E-state index in [0.717, 1.165) is 32.1 Å². The summed E-state index contributed by atoms with van der Waals surface area (Å²) in [7, 11) is 1.39. The summed E-state index contributed by atoms with van der Waals surface area (Å²) in [6.07, 6.45) is -1.95. The molecule has 4 unspecified atom stereocenters. The van der Waals surface area contributed by atoms with Crippen molar-refractivity contribution in [3.8, 4) is 0 Å². The lowest BCUT2D eigenvalue weighted by molar-refractivity contribution is -0.153. The third kappa shape index (κ3) is 5.73. The molecule has 126 valence electrons. The summed E-state index contributed by atoms with van der Waals surface area (Å²) in [5, 5.41) is 19.4.